The molecule has 1 N–H and O–H groups in total. The lowest BCUT2D eigenvalue weighted by molar-refractivity contribution is 0.511. The number of benzene rings is 1. The van der Waals surface area contributed by atoms with Crippen molar-refractivity contribution in [3.63, 3.8) is 0 Å². The lowest BCUT2D eigenvalue weighted by atomic mass is 10.0. The molecule has 0 spiro atoms. The second-order valence-corrected chi connectivity index (χ2v) is 5.78. The van der Waals surface area contributed by atoms with E-state index < -0.39 is 0 Å². The average molecular weight is 221 g/mol. The van der Waals surface area contributed by atoms with Gasteiger partial charge in [-0.3, -0.25) is 5.09 Å². The molecule has 2 rings (SSSR count). The predicted molar refractivity (Wildman–Crippen MR) is 68.5 cm³/mol. The van der Waals surface area contributed by atoms with Crippen molar-refractivity contribution in [2.75, 3.05) is 0 Å². The third kappa shape index (κ3) is 3.93. The Morgan fingerprint density at radius 1 is 1.07 bits per heavy atom. The van der Waals surface area contributed by atoms with E-state index >= 15 is 0 Å². The van der Waals surface area contributed by atoms with Crippen LogP contribution >= 0.6 is 8.73 Å². The highest BCUT2D eigenvalue weighted by Crippen LogP contribution is 2.30. The summed E-state index contributed by atoms with van der Waals surface area (Å²) in [5, 5.41) is 3.60. The standard InChI is InChI=1S/C13H20NP/c1-3-7-12(8-4-1)11-14-15-13-9-5-2-6-10-13/h1,3-4,7-8,13-15H,2,5-6,9-11H2. The molecule has 0 heterocycles. The summed E-state index contributed by atoms with van der Waals surface area (Å²) in [6.07, 6.45) is 7.25. The molecule has 2 heteroatoms. The number of hydrogen-bond acceptors (Lipinski definition) is 1. The predicted octanol–water partition coefficient (Wildman–Crippen LogP) is 3.70. The summed E-state index contributed by atoms with van der Waals surface area (Å²) in [7, 11) is 0.957. The lowest BCUT2D eigenvalue weighted by Crippen LogP contribution is -2.12. The van der Waals surface area contributed by atoms with Crippen molar-refractivity contribution >= 4 is 8.73 Å². The topological polar surface area (TPSA) is 12.0 Å². The van der Waals surface area contributed by atoms with Crippen LogP contribution in [0.2, 0.25) is 0 Å². The highest BCUT2D eigenvalue weighted by Gasteiger charge is 2.12. The second kappa shape index (κ2) is 6.25. The average Bonchev–Trinajstić information content (AvgIpc) is 2.32. The highest BCUT2D eigenvalue weighted by molar-refractivity contribution is 7.36. The first kappa shape index (κ1) is 11.1. The van der Waals surface area contributed by atoms with Gasteiger partial charge in [0.1, 0.15) is 0 Å². The van der Waals surface area contributed by atoms with Crippen LogP contribution in [0.15, 0.2) is 30.3 Å². The van der Waals surface area contributed by atoms with Crippen LogP contribution in [0.5, 0.6) is 0 Å². The Balaban J connectivity index is 1.66. The fraction of sp³-hybridized carbons (Fsp3) is 0.538. The van der Waals surface area contributed by atoms with Crippen LogP contribution in [0, 0.1) is 0 Å². The molecule has 15 heavy (non-hydrogen) atoms. The molecule has 1 saturated carbocycles. The molecule has 1 aliphatic rings. The van der Waals surface area contributed by atoms with Gasteiger partial charge in [-0.2, -0.15) is 0 Å². The molecular formula is C13H20NP. The van der Waals surface area contributed by atoms with E-state index in [1.165, 1.54) is 37.7 Å². The van der Waals surface area contributed by atoms with Gasteiger partial charge >= 0.3 is 0 Å². The summed E-state index contributed by atoms with van der Waals surface area (Å²) in [5.41, 5.74) is 2.36. The normalized spacial score (nSPS) is 18.7. The largest absolute Gasteiger partial charge is 0.293 e. The minimum Gasteiger partial charge on any atom is -0.293 e. The molecule has 1 fully saturated rings. The number of rotatable bonds is 4. The Hall–Kier alpha value is -0.390. The Morgan fingerprint density at radius 3 is 2.53 bits per heavy atom. The Labute approximate surface area is 94.5 Å². The van der Waals surface area contributed by atoms with Crippen LogP contribution in [-0.4, -0.2) is 5.66 Å². The van der Waals surface area contributed by atoms with E-state index in [1.807, 2.05) is 0 Å². The molecule has 1 aromatic carbocycles. The van der Waals surface area contributed by atoms with Gasteiger partial charge in [0.15, 0.2) is 0 Å². The molecule has 0 aromatic heterocycles. The van der Waals surface area contributed by atoms with Gasteiger partial charge in [-0.05, 0) is 24.1 Å². The quantitative estimate of drug-likeness (QED) is 0.764. The summed E-state index contributed by atoms with van der Waals surface area (Å²) >= 11 is 0. The summed E-state index contributed by atoms with van der Waals surface area (Å²) in [6, 6.07) is 10.7. The van der Waals surface area contributed by atoms with E-state index in [-0.39, 0.29) is 0 Å². The van der Waals surface area contributed by atoms with Crippen LogP contribution in [0.1, 0.15) is 37.7 Å². The Bertz CT molecular complexity index is 267. The summed E-state index contributed by atoms with van der Waals surface area (Å²) in [4.78, 5) is 0. The molecule has 1 nitrogen and oxygen atoms in total. The zero-order valence-electron chi connectivity index (χ0n) is 9.21. The van der Waals surface area contributed by atoms with Crippen molar-refractivity contribution in [2.45, 2.75) is 44.3 Å². The second-order valence-electron chi connectivity index (χ2n) is 4.32. The molecule has 0 radical (unpaired) electrons. The number of nitrogens with one attached hydrogen (secondary N) is 1. The third-order valence-corrected chi connectivity index (χ3v) is 4.41. The van der Waals surface area contributed by atoms with Crippen molar-refractivity contribution < 1.29 is 0 Å². The highest BCUT2D eigenvalue weighted by atomic mass is 31.1. The van der Waals surface area contributed by atoms with Gasteiger partial charge in [-0.1, -0.05) is 58.3 Å². The van der Waals surface area contributed by atoms with Crippen molar-refractivity contribution in [2.24, 2.45) is 0 Å². The number of hydrogen-bond donors (Lipinski definition) is 1. The van der Waals surface area contributed by atoms with Crippen molar-refractivity contribution in [1.29, 1.82) is 0 Å². The first-order valence-electron chi connectivity index (χ1n) is 5.97. The van der Waals surface area contributed by atoms with Crippen molar-refractivity contribution in [3.8, 4) is 0 Å². The molecule has 82 valence electrons. The molecule has 1 atom stereocenters. The maximum absolute atomic E-state index is 3.60. The fourth-order valence-electron chi connectivity index (χ4n) is 2.14. The van der Waals surface area contributed by atoms with Gasteiger partial charge in [-0.15, -0.1) is 0 Å². The zero-order chi connectivity index (χ0) is 10.3. The third-order valence-electron chi connectivity index (χ3n) is 3.05. The van der Waals surface area contributed by atoms with Crippen LogP contribution in [0.4, 0.5) is 0 Å². The van der Waals surface area contributed by atoms with Gasteiger partial charge in [0.2, 0.25) is 0 Å². The van der Waals surface area contributed by atoms with Gasteiger partial charge in [0.05, 0.1) is 0 Å². The maximum Gasteiger partial charge on any atom is 0.0239 e. The smallest absolute Gasteiger partial charge is 0.0239 e. The molecule has 0 saturated heterocycles. The van der Waals surface area contributed by atoms with E-state index in [9.17, 15) is 0 Å². The van der Waals surface area contributed by atoms with Gasteiger partial charge < -0.3 is 0 Å². The van der Waals surface area contributed by atoms with E-state index in [4.69, 9.17) is 0 Å². The first-order valence-corrected chi connectivity index (χ1v) is 7.05. The Morgan fingerprint density at radius 2 is 1.80 bits per heavy atom. The zero-order valence-corrected chi connectivity index (χ0v) is 10.2. The summed E-state index contributed by atoms with van der Waals surface area (Å²) in [5.74, 6) is 0. The summed E-state index contributed by atoms with van der Waals surface area (Å²) < 4.78 is 0. The van der Waals surface area contributed by atoms with Crippen LogP contribution in [0.3, 0.4) is 0 Å². The Kier molecular flexibility index (Phi) is 4.63. The van der Waals surface area contributed by atoms with Crippen LogP contribution in [-0.2, 0) is 6.54 Å². The summed E-state index contributed by atoms with van der Waals surface area (Å²) in [6.45, 7) is 1.04. The lowest BCUT2D eigenvalue weighted by Gasteiger charge is -2.21. The molecule has 1 aromatic rings. The molecule has 0 bridgehead atoms. The first-order chi connectivity index (χ1) is 7.45. The van der Waals surface area contributed by atoms with E-state index in [0.717, 1.165) is 20.9 Å². The molecule has 0 aliphatic heterocycles. The molecule has 0 amide bonds. The SMILES string of the molecule is c1ccc(CNPC2CCCCC2)cc1. The molecular weight excluding hydrogens is 201 g/mol. The molecule has 1 unspecified atom stereocenters. The van der Waals surface area contributed by atoms with Gasteiger partial charge in [0, 0.05) is 6.54 Å². The van der Waals surface area contributed by atoms with Gasteiger partial charge in [-0.25, -0.2) is 0 Å². The monoisotopic (exact) mass is 221 g/mol. The maximum atomic E-state index is 3.60. The molecule has 1 aliphatic carbocycles. The fourth-order valence-corrected chi connectivity index (χ4v) is 3.43. The van der Waals surface area contributed by atoms with E-state index in [0.29, 0.717) is 0 Å². The van der Waals surface area contributed by atoms with E-state index in [1.54, 1.807) is 0 Å². The van der Waals surface area contributed by atoms with Crippen LogP contribution in [0.25, 0.3) is 0 Å². The van der Waals surface area contributed by atoms with E-state index in [2.05, 4.69) is 35.4 Å². The van der Waals surface area contributed by atoms with Crippen molar-refractivity contribution in [3.05, 3.63) is 35.9 Å². The van der Waals surface area contributed by atoms with Crippen molar-refractivity contribution in [1.82, 2.24) is 5.09 Å². The van der Waals surface area contributed by atoms with Gasteiger partial charge in [0.25, 0.3) is 0 Å². The minimum atomic E-state index is 0.957. The minimum absolute atomic E-state index is 0.957. The van der Waals surface area contributed by atoms with Crippen LogP contribution < -0.4 is 5.09 Å².